The van der Waals surface area contributed by atoms with Gasteiger partial charge in [-0.2, -0.15) is 9.65 Å². The second-order valence-electron chi connectivity index (χ2n) is 4.35. The molecule has 0 aromatic heterocycles. The number of rotatable bonds is 5. The number of nitrogens with zero attached hydrogens (tertiary/aromatic N) is 2. The Morgan fingerprint density at radius 3 is 2.75 bits per heavy atom. The molecule has 7 heteroatoms. The molecule has 0 aliphatic rings. The Kier molecular flexibility index (Phi) is 4.75. The van der Waals surface area contributed by atoms with Crippen molar-refractivity contribution in [2.75, 3.05) is 6.61 Å². The van der Waals surface area contributed by atoms with Crippen LogP contribution < -0.4 is 0 Å². The van der Waals surface area contributed by atoms with Crippen molar-refractivity contribution in [3.05, 3.63) is 39.7 Å². The van der Waals surface area contributed by atoms with Gasteiger partial charge in [0.15, 0.2) is 5.41 Å². The molecule has 1 unspecified atom stereocenters. The van der Waals surface area contributed by atoms with Crippen LogP contribution in [0.25, 0.3) is 0 Å². The van der Waals surface area contributed by atoms with Crippen LogP contribution in [0.4, 0.5) is 10.1 Å². The number of hydrogen-bond acceptors (Lipinski definition) is 5. The van der Waals surface area contributed by atoms with Gasteiger partial charge in [0.05, 0.1) is 17.6 Å². The minimum atomic E-state index is -1.59. The van der Waals surface area contributed by atoms with E-state index in [2.05, 4.69) is 0 Å². The van der Waals surface area contributed by atoms with Crippen LogP contribution in [0, 0.1) is 32.7 Å². The third-order valence-corrected chi connectivity index (χ3v) is 2.77. The number of nitro benzene ring substituents is 1. The van der Waals surface area contributed by atoms with Crippen molar-refractivity contribution in [1.82, 2.24) is 0 Å². The standard InChI is InChI=1S/C13H13FN2O4/c1-3-20-12(17)13(2,8-15)7-9-5-4-6-10(11(9)14)16(18)19/h4-6H,3,7H2,1-2H3. The highest BCUT2D eigenvalue weighted by molar-refractivity contribution is 5.80. The number of carbonyl (C=O) groups is 1. The number of hydrogen-bond donors (Lipinski definition) is 0. The van der Waals surface area contributed by atoms with Crippen molar-refractivity contribution in [3.8, 4) is 6.07 Å². The number of esters is 1. The van der Waals surface area contributed by atoms with E-state index >= 15 is 0 Å². The van der Waals surface area contributed by atoms with Crippen molar-refractivity contribution in [2.45, 2.75) is 20.3 Å². The van der Waals surface area contributed by atoms with Crippen LogP contribution in [-0.4, -0.2) is 17.5 Å². The van der Waals surface area contributed by atoms with Gasteiger partial charge in [0, 0.05) is 12.5 Å². The molecule has 1 aromatic carbocycles. The van der Waals surface area contributed by atoms with Crippen molar-refractivity contribution in [2.24, 2.45) is 5.41 Å². The summed E-state index contributed by atoms with van der Waals surface area (Å²) in [7, 11) is 0. The van der Waals surface area contributed by atoms with Gasteiger partial charge in [0.25, 0.3) is 0 Å². The Morgan fingerprint density at radius 1 is 1.60 bits per heavy atom. The summed E-state index contributed by atoms with van der Waals surface area (Å²) >= 11 is 0. The highest BCUT2D eigenvalue weighted by Gasteiger charge is 2.37. The van der Waals surface area contributed by atoms with E-state index in [4.69, 9.17) is 10.00 Å². The summed E-state index contributed by atoms with van der Waals surface area (Å²) < 4.78 is 18.7. The molecule has 0 saturated heterocycles. The van der Waals surface area contributed by atoms with E-state index in [0.717, 1.165) is 6.07 Å². The first-order valence-electron chi connectivity index (χ1n) is 5.86. The van der Waals surface area contributed by atoms with Crippen LogP contribution in [-0.2, 0) is 16.0 Å². The molecule has 106 valence electrons. The summed E-state index contributed by atoms with van der Waals surface area (Å²) in [6.07, 6.45) is -0.296. The Labute approximate surface area is 114 Å². The van der Waals surface area contributed by atoms with E-state index in [1.165, 1.54) is 19.1 Å². The minimum Gasteiger partial charge on any atom is -0.465 e. The third-order valence-electron chi connectivity index (χ3n) is 2.77. The quantitative estimate of drug-likeness (QED) is 0.469. The summed E-state index contributed by atoms with van der Waals surface area (Å²) in [6, 6.07) is 5.40. The molecule has 0 aliphatic carbocycles. The molecule has 1 atom stereocenters. The Bertz CT molecular complexity index is 582. The number of benzene rings is 1. The number of carbonyl (C=O) groups excluding carboxylic acids is 1. The first-order valence-corrected chi connectivity index (χ1v) is 5.86. The Morgan fingerprint density at radius 2 is 2.25 bits per heavy atom. The average molecular weight is 280 g/mol. The molecule has 0 radical (unpaired) electrons. The van der Waals surface area contributed by atoms with E-state index in [1.54, 1.807) is 13.0 Å². The third kappa shape index (κ3) is 3.09. The fourth-order valence-electron chi connectivity index (χ4n) is 1.67. The van der Waals surface area contributed by atoms with E-state index < -0.39 is 27.8 Å². The maximum absolute atomic E-state index is 13.9. The zero-order valence-corrected chi connectivity index (χ0v) is 11.1. The van der Waals surface area contributed by atoms with Gasteiger partial charge in [-0.25, -0.2) is 0 Å². The van der Waals surface area contributed by atoms with Crippen LogP contribution in [0.2, 0.25) is 0 Å². The molecule has 0 bridgehead atoms. The molecular formula is C13H13FN2O4. The second kappa shape index (κ2) is 6.10. The van der Waals surface area contributed by atoms with Gasteiger partial charge in [-0.3, -0.25) is 14.9 Å². The van der Waals surface area contributed by atoms with Crippen LogP contribution in [0.3, 0.4) is 0 Å². The predicted octanol–water partition coefficient (Wildman–Crippen LogP) is 2.37. The number of nitriles is 1. The molecule has 20 heavy (non-hydrogen) atoms. The smallest absolute Gasteiger partial charge is 0.326 e. The van der Waals surface area contributed by atoms with Gasteiger partial charge in [-0.1, -0.05) is 12.1 Å². The van der Waals surface area contributed by atoms with Gasteiger partial charge in [-0.05, 0) is 19.4 Å². The highest BCUT2D eigenvalue weighted by Crippen LogP contribution is 2.28. The van der Waals surface area contributed by atoms with Crippen LogP contribution in [0.1, 0.15) is 19.4 Å². The summed E-state index contributed by atoms with van der Waals surface area (Å²) in [6.45, 7) is 2.99. The summed E-state index contributed by atoms with van der Waals surface area (Å²) in [5.74, 6) is -1.82. The molecule has 6 nitrogen and oxygen atoms in total. The number of ether oxygens (including phenoxy) is 1. The second-order valence-corrected chi connectivity index (χ2v) is 4.35. The molecule has 0 saturated carbocycles. The molecule has 0 fully saturated rings. The molecule has 0 amide bonds. The van der Waals surface area contributed by atoms with Crippen molar-refractivity contribution < 1.29 is 18.8 Å². The largest absolute Gasteiger partial charge is 0.465 e. The lowest BCUT2D eigenvalue weighted by atomic mass is 9.85. The first-order chi connectivity index (χ1) is 9.35. The fourth-order valence-corrected chi connectivity index (χ4v) is 1.67. The van der Waals surface area contributed by atoms with E-state index in [0.29, 0.717) is 0 Å². The molecule has 0 heterocycles. The predicted molar refractivity (Wildman–Crippen MR) is 67.1 cm³/mol. The normalized spacial score (nSPS) is 13.1. The van der Waals surface area contributed by atoms with Crippen molar-refractivity contribution in [1.29, 1.82) is 5.26 Å². The average Bonchev–Trinajstić information content (AvgIpc) is 2.40. The summed E-state index contributed by atoms with van der Waals surface area (Å²) in [4.78, 5) is 21.5. The van der Waals surface area contributed by atoms with Gasteiger partial charge >= 0.3 is 11.7 Å². The summed E-state index contributed by atoms with van der Waals surface area (Å²) in [5, 5.41) is 19.8. The van der Waals surface area contributed by atoms with Crippen LogP contribution in [0.5, 0.6) is 0 Å². The lowest BCUT2D eigenvalue weighted by molar-refractivity contribution is -0.387. The van der Waals surface area contributed by atoms with E-state index in [9.17, 15) is 19.3 Å². The van der Waals surface area contributed by atoms with E-state index in [-0.39, 0.29) is 18.6 Å². The van der Waals surface area contributed by atoms with Crippen molar-refractivity contribution >= 4 is 11.7 Å². The number of halogens is 1. The molecule has 0 spiro atoms. The van der Waals surface area contributed by atoms with Crippen LogP contribution >= 0.6 is 0 Å². The van der Waals surface area contributed by atoms with Crippen molar-refractivity contribution in [3.63, 3.8) is 0 Å². The Hall–Kier alpha value is -2.49. The SMILES string of the molecule is CCOC(=O)C(C)(C#N)Cc1cccc([N+](=O)[O-])c1F. The van der Waals surface area contributed by atoms with Gasteiger partial charge in [-0.15, -0.1) is 0 Å². The van der Waals surface area contributed by atoms with E-state index in [1.807, 2.05) is 0 Å². The summed E-state index contributed by atoms with van der Waals surface area (Å²) in [5.41, 5.74) is -2.35. The Balaban J connectivity index is 3.15. The molecular weight excluding hydrogens is 267 g/mol. The molecule has 0 N–H and O–H groups in total. The lowest BCUT2D eigenvalue weighted by Gasteiger charge is -2.19. The van der Waals surface area contributed by atoms with Gasteiger partial charge < -0.3 is 4.74 Å². The monoisotopic (exact) mass is 280 g/mol. The van der Waals surface area contributed by atoms with Crippen LogP contribution in [0.15, 0.2) is 18.2 Å². The maximum Gasteiger partial charge on any atom is 0.326 e. The topological polar surface area (TPSA) is 93.2 Å². The fraction of sp³-hybridized carbons (Fsp3) is 0.385. The molecule has 0 aliphatic heterocycles. The first kappa shape index (κ1) is 15.6. The lowest BCUT2D eigenvalue weighted by Crippen LogP contribution is -2.31. The maximum atomic E-state index is 13.9. The van der Waals surface area contributed by atoms with Gasteiger partial charge in [0.1, 0.15) is 0 Å². The number of nitro groups is 1. The minimum absolute atomic E-state index is 0.0729. The zero-order valence-electron chi connectivity index (χ0n) is 11.1. The molecule has 1 aromatic rings. The molecule has 1 rings (SSSR count). The zero-order chi connectivity index (χ0) is 15.3. The highest BCUT2D eigenvalue weighted by atomic mass is 19.1. The van der Waals surface area contributed by atoms with Gasteiger partial charge in [0.2, 0.25) is 5.82 Å².